The first-order valence-corrected chi connectivity index (χ1v) is 10.8. The van der Waals surface area contributed by atoms with Crippen LogP contribution in [-0.4, -0.2) is 47.0 Å². The Labute approximate surface area is 172 Å². The lowest BCUT2D eigenvalue weighted by Crippen LogP contribution is -2.49. The molecule has 1 aromatic carbocycles. The fourth-order valence-electron chi connectivity index (χ4n) is 4.42. The van der Waals surface area contributed by atoms with Crippen LogP contribution in [0.5, 0.6) is 0 Å². The molecule has 0 atom stereocenters. The molecule has 6 heteroatoms. The van der Waals surface area contributed by atoms with Gasteiger partial charge in [0.1, 0.15) is 5.82 Å². The van der Waals surface area contributed by atoms with Crippen LogP contribution in [0.1, 0.15) is 34.5 Å². The highest BCUT2D eigenvalue weighted by atomic mass is 79.9. The zero-order valence-corrected chi connectivity index (χ0v) is 17.3. The number of aromatic amines is 1. The molecule has 0 radical (unpaired) electrons. The molecule has 1 aliphatic carbocycles. The van der Waals surface area contributed by atoms with E-state index < -0.39 is 0 Å². The molecule has 0 bridgehead atoms. The molecule has 0 unspecified atom stereocenters. The average Bonchev–Trinajstić information content (AvgIpc) is 3.12. The normalized spacial score (nSPS) is 17.0. The number of carbonyl (C=O) groups excluding carboxylic acids is 1. The summed E-state index contributed by atoms with van der Waals surface area (Å²) in [4.78, 5) is 25.3. The van der Waals surface area contributed by atoms with Crippen molar-refractivity contribution < 1.29 is 4.79 Å². The van der Waals surface area contributed by atoms with E-state index in [1.165, 1.54) is 29.5 Å². The number of carbonyl (C=O) groups is 1. The van der Waals surface area contributed by atoms with Gasteiger partial charge in [-0.05, 0) is 77.5 Å². The van der Waals surface area contributed by atoms with Gasteiger partial charge in [-0.15, -0.1) is 0 Å². The van der Waals surface area contributed by atoms with Crippen LogP contribution in [0.15, 0.2) is 41.0 Å². The number of aryl methyl sites for hydroxylation is 2. The highest BCUT2D eigenvalue weighted by Crippen LogP contribution is 2.30. The molecule has 2 aromatic heterocycles. The number of rotatable bonds is 2. The zero-order valence-electron chi connectivity index (χ0n) is 15.7. The molecule has 1 saturated heterocycles. The quantitative estimate of drug-likeness (QED) is 0.653. The number of amides is 1. The van der Waals surface area contributed by atoms with Crippen molar-refractivity contribution in [2.45, 2.75) is 25.7 Å². The predicted molar refractivity (Wildman–Crippen MR) is 115 cm³/mol. The van der Waals surface area contributed by atoms with Gasteiger partial charge in [0.05, 0.1) is 0 Å². The summed E-state index contributed by atoms with van der Waals surface area (Å²) in [6, 6.07) is 10.2. The fraction of sp³-hybridized carbons (Fsp3) is 0.364. The van der Waals surface area contributed by atoms with E-state index in [4.69, 9.17) is 0 Å². The number of pyridine rings is 1. The molecule has 0 spiro atoms. The van der Waals surface area contributed by atoms with Gasteiger partial charge >= 0.3 is 0 Å². The van der Waals surface area contributed by atoms with Crippen LogP contribution in [0.3, 0.4) is 0 Å². The third-order valence-corrected chi connectivity index (χ3v) is 6.42. The van der Waals surface area contributed by atoms with Crippen LogP contribution in [-0.2, 0) is 12.8 Å². The lowest BCUT2D eigenvalue weighted by atomic mass is 9.95. The molecule has 3 aromatic rings. The van der Waals surface area contributed by atoms with Crippen molar-refractivity contribution in [3.8, 4) is 0 Å². The standard InChI is InChI=1S/C22H23BrN4O/c23-16-6-8-21(24-14-16)26-9-11-27(12-10-26)22(28)15-5-7-20-18(13-15)17-3-1-2-4-19(17)25-20/h5-8,13-14,25H,1-4,9-12H2. The number of nitrogens with zero attached hydrogens (tertiary/aromatic N) is 3. The molecule has 5 nitrogen and oxygen atoms in total. The number of hydrogen-bond donors (Lipinski definition) is 1. The summed E-state index contributed by atoms with van der Waals surface area (Å²) in [5.41, 5.74) is 4.74. The maximum atomic E-state index is 13.1. The number of anilines is 1. The van der Waals surface area contributed by atoms with Gasteiger partial charge in [0.25, 0.3) is 5.91 Å². The van der Waals surface area contributed by atoms with Crippen LogP contribution in [0.2, 0.25) is 0 Å². The fourth-order valence-corrected chi connectivity index (χ4v) is 4.65. The minimum Gasteiger partial charge on any atom is -0.358 e. The van der Waals surface area contributed by atoms with E-state index in [1.807, 2.05) is 29.3 Å². The molecule has 1 fully saturated rings. The molecule has 1 aliphatic heterocycles. The minimum absolute atomic E-state index is 0.135. The minimum atomic E-state index is 0.135. The van der Waals surface area contributed by atoms with E-state index in [1.54, 1.807) is 0 Å². The van der Waals surface area contributed by atoms with Crippen molar-refractivity contribution in [1.29, 1.82) is 0 Å². The SMILES string of the molecule is O=C(c1ccc2[nH]c3c(c2c1)CCCC3)N1CCN(c2ccc(Br)cn2)CC1. The van der Waals surface area contributed by atoms with Crippen molar-refractivity contribution in [3.63, 3.8) is 0 Å². The molecule has 0 saturated carbocycles. The summed E-state index contributed by atoms with van der Waals surface area (Å²) < 4.78 is 0.979. The molecule has 1 amide bonds. The van der Waals surface area contributed by atoms with Gasteiger partial charge < -0.3 is 14.8 Å². The summed E-state index contributed by atoms with van der Waals surface area (Å²) in [7, 11) is 0. The first kappa shape index (κ1) is 17.7. The Bertz CT molecular complexity index is 1020. The monoisotopic (exact) mass is 438 g/mol. The summed E-state index contributed by atoms with van der Waals surface area (Å²) in [6.07, 6.45) is 6.55. The second kappa shape index (κ2) is 7.24. The molecule has 2 aliphatic rings. The van der Waals surface area contributed by atoms with Gasteiger partial charge in [0.2, 0.25) is 0 Å². The predicted octanol–water partition coefficient (Wildman–Crippen LogP) is 4.17. The van der Waals surface area contributed by atoms with E-state index in [-0.39, 0.29) is 5.91 Å². The van der Waals surface area contributed by atoms with Gasteiger partial charge in [-0.1, -0.05) is 0 Å². The van der Waals surface area contributed by atoms with E-state index in [0.29, 0.717) is 0 Å². The molecular formula is C22H23BrN4O. The largest absolute Gasteiger partial charge is 0.358 e. The molecule has 28 heavy (non-hydrogen) atoms. The number of benzene rings is 1. The lowest BCUT2D eigenvalue weighted by Gasteiger charge is -2.35. The number of H-pyrrole nitrogens is 1. The Hall–Kier alpha value is -2.34. The number of halogens is 1. The second-order valence-corrected chi connectivity index (χ2v) is 8.58. The van der Waals surface area contributed by atoms with E-state index in [0.717, 1.165) is 60.4 Å². The van der Waals surface area contributed by atoms with Crippen molar-refractivity contribution in [2.24, 2.45) is 0 Å². The molecule has 144 valence electrons. The number of aromatic nitrogens is 2. The summed E-state index contributed by atoms with van der Waals surface area (Å²) in [5, 5.41) is 1.23. The maximum absolute atomic E-state index is 13.1. The van der Waals surface area contributed by atoms with E-state index in [2.05, 4.69) is 42.9 Å². The van der Waals surface area contributed by atoms with Gasteiger partial charge in [-0.25, -0.2) is 4.98 Å². The smallest absolute Gasteiger partial charge is 0.253 e. The van der Waals surface area contributed by atoms with Gasteiger partial charge in [-0.2, -0.15) is 0 Å². The Kier molecular flexibility index (Phi) is 4.59. The first-order valence-electron chi connectivity index (χ1n) is 9.98. The molecule has 1 N–H and O–H groups in total. The van der Waals surface area contributed by atoms with Gasteiger partial charge in [0, 0.05) is 59.0 Å². The Balaban J connectivity index is 1.32. The van der Waals surface area contributed by atoms with Crippen molar-refractivity contribution in [2.75, 3.05) is 31.1 Å². The van der Waals surface area contributed by atoms with Crippen LogP contribution in [0.4, 0.5) is 5.82 Å². The summed E-state index contributed by atoms with van der Waals surface area (Å²) in [6.45, 7) is 3.06. The molecule has 5 rings (SSSR count). The lowest BCUT2D eigenvalue weighted by molar-refractivity contribution is 0.0746. The number of piperazine rings is 1. The van der Waals surface area contributed by atoms with Crippen LogP contribution >= 0.6 is 15.9 Å². The second-order valence-electron chi connectivity index (χ2n) is 7.66. The van der Waals surface area contributed by atoms with Crippen LogP contribution < -0.4 is 4.90 Å². The third-order valence-electron chi connectivity index (χ3n) is 5.95. The first-order chi connectivity index (χ1) is 13.7. The van der Waals surface area contributed by atoms with Crippen molar-refractivity contribution in [1.82, 2.24) is 14.9 Å². The molecule has 3 heterocycles. The average molecular weight is 439 g/mol. The van der Waals surface area contributed by atoms with Crippen LogP contribution in [0, 0.1) is 0 Å². The van der Waals surface area contributed by atoms with Crippen LogP contribution in [0.25, 0.3) is 10.9 Å². The Morgan fingerprint density at radius 3 is 2.64 bits per heavy atom. The third kappa shape index (κ3) is 3.20. The highest BCUT2D eigenvalue weighted by Gasteiger charge is 2.24. The Morgan fingerprint density at radius 1 is 1.04 bits per heavy atom. The van der Waals surface area contributed by atoms with Crippen molar-refractivity contribution in [3.05, 3.63) is 57.8 Å². The van der Waals surface area contributed by atoms with Crippen molar-refractivity contribution >= 4 is 38.6 Å². The maximum Gasteiger partial charge on any atom is 0.253 e. The number of nitrogens with one attached hydrogen (secondary N) is 1. The van der Waals surface area contributed by atoms with E-state index >= 15 is 0 Å². The van der Waals surface area contributed by atoms with Gasteiger partial charge in [0.15, 0.2) is 0 Å². The Morgan fingerprint density at radius 2 is 1.86 bits per heavy atom. The summed E-state index contributed by atoms with van der Waals surface area (Å²) in [5.74, 6) is 1.10. The number of fused-ring (bicyclic) bond motifs is 3. The van der Waals surface area contributed by atoms with Gasteiger partial charge in [-0.3, -0.25) is 4.79 Å². The summed E-state index contributed by atoms with van der Waals surface area (Å²) >= 11 is 3.42. The zero-order chi connectivity index (χ0) is 19.1. The van der Waals surface area contributed by atoms with E-state index in [9.17, 15) is 4.79 Å². The number of hydrogen-bond acceptors (Lipinski definition) is 3. The molecular weight excluding hydrogens is 416 g/mol. The topological polar surface area (TPSA) is 52.2 Å². The highest BCUT2D eigenvalue weighted by molar-refractivity contribution is 9.10.